The molecule has 0 saturated carbocycles. The van der Waals surface area contributed by atoms with Crippen LogP contribution in [0.1, 0.15) is 17.2 Å². The molecule has 1 heterocycles. The number of hydrogen-bond donors (Lipinski definition) is 2. The number of sulfonamides is 1. The van der Waals surface area contributed by atoms with Crippen LogP contribution in [0.4, 0.5) is 0 Å². The number of aryl methyl sites for hydroxylation is 1. The van der Waals surface area contributed by atoms with E-state index in [4.69, 9.17) is 22.4 Å². The van der Waals surface area contributed by atoms with Crippen LogP contribution in [0.3, 0.4) is 0 Å². The molecule has 0 bridgehead atoms. The molecular formula is C12H13N3O3S2. The maximum Gasteiger partial charge on any atom is 0.241 e. The Kier molecular flexibility index (Phi) is 4.17. The first-order chi connectivity index (χ1) is 9.40. The van der Waals surface area contributed by atoms with Crippen molar-refractivity contribution >= 4 is 27.2 Å². The summed E-state index contributed by atoms with van der Waals surface area (Å²) in [6, 6.07) is 6.28. The monoisotopic (exact) mass is 311 g/mol. The van der Waals surface area contributed by atoms with E-state index in [1.807, 2.05) is 0 Å². The van der Waals surface area contributed by atoms with Gasteiger partial charge in [0.15, 0.2) is 0 Å². The highest BCUT2D eigenvalue weighted by Gasteiger charge is 2.19. The van der Waals surface area contributed by atoms with Gasteiger partial charge in [0.2, 0.25) is 15.9 Å². The zero-order valence-corrected chi connectivity index (χ0v) is 12.3. The molecule has 20 heavy (non-hydrogen) atoms. The molecule has 106 valence electrons. The smallest absolute Gasteiger partial charge is 0.241 e. The molecule has 8 heteroatoms. The molecule has 0 radical (unpaired) electrons. The summed E-state index contributed by atoms with van der Waals surface area (Å²) in [5, 5.41) is 0. The van der Waals surface area contributed by atoms with Crippen LogP contribution in [-0.2, 0) is 16.6 Å². The number of hydrogen-bond acceptors (Lipinski definition) is 5. The minimum Gasteiger partial charge on any atom is -0.445 e. The molecule has 0 saturated heterocycles. The summed E-state index contributed by atoms with van der Waals surface area (Å²) in [6.45, 7) is 1.69. The lowest BCUT2D eigenvalue weighted by Gasteiger charge is -2.09. The van der Waals surface area contributed by atoms with Gasteiger partial charge in [0, 0.05) is 5.56 Å². The highest BCUT2D eigenvalue weighted by molar-refractivity contribution is 7.89. The summed E-state index contributed by atoms with van der Waals surface area (Å²) in [4.78, 5) is 3.99. The van der Waals surface area contributed by atoms with Crippen molar-refractivity contribution in [2.24, 2.45) is 5.73 Å². The van der Waals surface area contributed by atoms with Gasteiger partial charge in [0.25, 0.3) is 0 Å². The Hall–Kier alpha value is -1.77. The zero-order chi connectivity index (χ0) is 14.8. The quantitative estimate of drug-likeness (QED) is 0.802. The van der Waals surface area contributed by atoms with Gasteiger partial charge >= 0.3 is 0 Å². The van der Waals surface area contributed by atoms with Crippen LogP contribution in [-0.4, -0.2) is 18.4 Å². The highest BCUT2D eigenvalue weighted by atomic mass is 32.2. The molecule has 1 aromatic carbocycles. The summed E-state index contributed by atoms with van der Waals surface area (Å²) < 4.78 is 32.1. The lowest BCUT2D eigenvalue weighted by atomic mass is 10.2. The Morgan fingerprint density at radius 1 is 1.45 bits per heavy atom. The summed E-state index contributed by atoms with van der Waals surface area (Å²) in [5.41, 5.74) is 5.83. The van der Waals surface area contributed by atoms with Crippen molar-refractivity contribution in [3.63, 3.8) is 0 Å². The first kappa shape index (κ1) is 14.6. The fourth-order valence-corrected chi connectivity index (χ4v) is 3.06. The number of benzene rings is 1. The van der Waals surface area contributed by atoms with Crippen LogP contribution in [0, 0.1) is 6.92 Å². The largest absolute Gasteiger partial charge is 0.445 e. The topological polar surface area (TPSA) is 98.2 Å². The van der Waals surface area contributed by atoms with Gasteiger partial charge in [-0.1, -0.05) is 30.4 Å². The fourth-order valence-electron chi connectivity index (χ4n) is 1.62. The van der Waals surface area contributed by atoms with Crippen molar-refractivity contribution < 1.29 is 12.8 Å². The number of aromatic nitrogens is 1. The van der Waals surface area contributed by atoms with E-state index in [2.05, 4.69) is 9.71 Å². The molecule has 1 aromatic heterocycles. The maximum atomic E-state index is 12.2. The lowest BCUT2D eigenvalue weighted by molar-refractivity contribution is 0.463. The number of nitrogens with zero attached hydrogens (tertiary/aromatic N) is 1. The Morgan fingerprint density at radius 3 is 2.75 bits per heavy atom. The third-order valence-electron chi connectivity index (χ3n) is 2.52. The van der Waals surface area contributed by atoms with Gasteiger partial charge in [0.05, 0.1) is 17.6 Å². The number of nitrogens with one attached hydrogen (secondary N) is 1. The third kappa shape index (κ3) is 3.21. The SMILES string of the molecule is Cc1cnc(CNS(=O)(=O)c2ccccc2C(N)=S)o1. The van der Waals surface area contributed by atoms with Gasteiger partial charge in [-0.05, 0) is 13.0 Å². The maximum absolute atomic E-state index is 12.2. The summed E-state index contributed by atoms with van der Waals surface area (Å²) >= 11 is 4.85. The van der Waals surface area contributed by atoms with Crippen LogP contribution in [0.5, 0.6) is 0 Å². The molecule has 2 rings (SSSR count). The van der Waals surface area contributed by atoms with Crippen molar-refractivity contribution in [3.8, 4) is 0 Å². The number of rotatable bonds is 5. The molecule has 0 fully saturated rings. The Labute approximate surface area is 122 Å². The lowest BCUT2D eigenvalue weighted by Crippen LogP contribution is -2.26. The van der Waals surface area contributed by atoms with Gasteiger partial charge in [-0.25, -0.2) is 18.1 Å². The molecule has 2 aromatic rings. The molecule has 0 atom stereocenters. The van der Waals surface area contributed by atoms with Crippen molar-refractivity contribution in [1.82, 2.24) is 9.71 Å². The highest BCUT2D eigenvalue weighted by Crippen LogP contribution is 2.15. The number of nitrogens with two attached hydrogens (primary N) is 1. The average Bonchev–Trinajstić information content (AvgIpc) is 2.82. The van der Waals surface area contributed by atoms with E-state index in [9.17, 15) is 8.42 Å². The van der Waals surface area contributed by atoms with Crippen molar-refractivity contribution in [3.05, 3.63) is 47.7 Å². The van der Waals surface area contributed by atoms with Gasteiger partial charge < -0.3 is 10.2 Å². The number of oxazole rings is 1. The molecule has 0 spiro atoms. The van der Waals surface area contributed by atoms with Crippen molar-refractivity contribution in [1.29, 1.82) is 0 Å². The van der Waals surface area contributed by atoms with E-state index in [0.29, 0.717) is 17.2 Å². The van der Waals surface area contributed by atoms with E-state index in [1.165, 1.54) is 12.3 Å². The van der Waals surface area contributed by atoms with Crippen LogP contribution in [0.25, 0.3) is 0 Å². The van der Waals surface area contributed by atoms with Gasteiger partial charge in [-0.15, -0.1) is 0 Å². The standard InChI is InChI=1S/C12H13N3O3S2/c1-8-6-14-11(18-8)7-15-20(16,17)10-5-3-2-4-9(10)12(13)19/h2-6,15H,7H2,1H3,(H2,13,19). The first-order valence-electron chi connectivity index (χ1n) is 5.70. The number of thiocarbonyl (C=S) groups is 1. The first-order valence-corrected chi connectivity index (χ1v) is 7.59. The minimum absolute atomic E-state index is 0.0259. The van der Waals surface area contributed by atoms with E-state index < -0.39 is 10.0 Å². The average molecular weight is 311 g/mol. The van der Waals surface area contributed by atoms with Gasteiger partial charge in [-0.3, -0.25) is 0 Å². The predicted octanol–water partition coefficient (Wildman–Crippen LogP) is 1.10. The van der Waals surface area contributed by atoms with E-state index in [0.717, 1.165) is 0 Å². The third-order valence-corrected chi connectivity index (χ3v) is 4.20. The second-order valence-corrected chi connectivity index (χ2v) is 6.22. The Bertz CT molecular complexity index is 738. The van der Waals surface area contributed by atoms with Crippen molar-refractivity contribution in [2.75, 3.05) is 0 Å². The molecule has 0 aliphatic rings. The Balaban J connectivity index is 2.25. The zero-order valence-electron chi connectivity index (χ0n) is 10.7. The van der Waals surface area contributed by atoms with Crippen LogP contribution in [0.15, 0.2) is 39.8 Å². The summed E-state index contributed by atoms with van der Waals surface area (Å²) in [7, 11) is -3.74. The molecule has 3 N–H and O–H groups in total. The van der Waals surface area contributed by atoms with Crippen LogP contribution in [0.2, 0.25) is 0 Å². The van der Waals surface area contributed by atoms with E-state index in [-0.39, 0.29) is 16.4 Å². The van der Waals surface area contributed by atoms with E-state index in [1.54, 1.807) is 25.1 Å². The molecule has 0 amide bonds. The second kappa shape index (κ2) is 5.70. The van der Waals surface area contributed by atoms with Gasteiger partial charge in [-0.2, -0.15) is 0 Å². The van der Waals surface area contributed by atoms with E-state index >= 15 is 0 Å². The molecule has 0 aliphatic carbocycles. The predicted molar refractivity (Wildman–Crippen MR) is 77.6 cm³/mol. The summed E-state index contributed by atoms with van der Waals surface area (Å²) in [6.07, 6.45) is 1.52. The molecule has 0 aliphatic heterocycles. The Morgan fingerprint density at radius 2 is 2.15 bits per heavy atom. The van der Waals surface area contributed by atoms with Crippen LogP contribution >= 0.6 is 12.2 Å². The summed E-state index contributed by atoms with van der Waals surface area (Å²) in [5.74, 6) is 0.904. The second-order valence-electron chi connectivity index (χ2n) is 4.05. The normalized spacial score (nSPS) is 11.4. The van der Waals surface area contributed by atoms with Crippen LogP contribution < -0.4 is 10.5 Å². The molecule has 6 nitrogen and oxygen atoms in total. The minimum atomic E-state index is -3.74. The molecular weight excluding hydrogens is 298 g/mol. The van der Waals surface area contributed by atoms with Crippen molar-refractivity contribution in [2.45, 2.75) is 18.4 Å². The van der Waals surface area contributed by atoms with Gasteiger partial charge in [0.1, 0.15) is 10.7 Å². The molecule has 0 unspecified atom stereocenters. The fraction of sp³-hybridized carbons (Fsp3) is 0.167.